The van der Waals surface area contributed by atoms with Crippen LogP contribution in [0.3, 0.4) is 0 Å². The Hall–Kier alpha value is -1.95. The van der Waals surface area contributed by atoms with Gasteiger partial charge in [-0.3, -0.25) is 9.48 Å². The fourth-order valence-corrected chi connectivity index (χ4v) is 1.93. The molecule has 0 aromatic carbocycles. The number of nitrogens with zero attached hydrogens (tertiary/aromatic N) is 3. The Labute approximate surface area is 116 Å². The molecule has 0 radical (unpaired) electrons. The van der Waals surface area contributed by atoms with Crippen LogP contribution in [0.1, 0.15) is 31.1 Å². The van der Waals surface area contributed by atoms with Gasteiger partial charge in [0.1, 0.15) is 4.99 Å². The Balaban J connectivity index is 2.30. The fraction of sp³-hybridized carbons (Fsp3) is 0.308. The lowest BCUT2D eigenvalue weighted by Crippen LogP contribution is -2.28. The van der Waals surface area contributed by atoms with Crippen LogP contribution in [0, 0.1) is 0 Å². The standard InChI is InChI=1S/C13H16N4OS/c1-9(2)17-7-5-10(15-17)8-16-6-3-4-11(12(14)19)13(16)18/h3-7,9H,8H2,1-2H3,(H2,14,19). The van der Waals surface area contributed by atoms with E-state index in [1.165, 1.54) is 0 Å². The van der Waals surface area contributed by atoms with E-state index in [1.807, 2.05) is 16.9 Å². The first-order valence-corrected chi connectivity index (χ1v) is 6.43. The molecular weight excluding hydrogens is 260 g/mol. The lowest BCUT2D eigenvalue weighted by atomic mass is 10.2. The van der Waals surface area contributed by atoms with Crippen molar-refractivity contribution in [3.63, 3.8) is 0 Å². The van der Waals surface area contributed by atoms with Crippen LogP contribution in [0.15, 0.2) is 35.4 Å². The Kier molecular flexibility index (Phi) is 3.80. The molecule has 0 amide bonds. The Morgan fingerprint density at radius 1 is 1.42 bits per heavy atom. The van der Waals surface area contributed by atoms with Gasteiger partial charge in [0.05, 0.1) is 17.8 Å². The van der Waals surface area contributed by atoms with Gasteiger partial charge in [-0.05, 0) is 32.0 Å². The third kappa shape index (κ3) is 2.90. The minimum atomic E-state index is -0.186. The highest BCUT2D eigenvalue weighted by atomic mass is 32.1. The highest BCUT2D eigenvalue weighted by Crippen LogP contribution is 2.05. The van der Waals surface area contributed by atoms with Crippen LogP contribution in [0.25, 0.3) is 0 Å². The summed E-state index contributed by atoms with van der Waals surface area (Å²) in [6.45, 7) is 4.52. The molecule has 19 heavy (non-hydrogen) atoms. The van der Waals surface area contributed by atoms with Crippen LogP contribution in [0.5, 0.6) is 0 Å². The number of hydrogen-bond acceptors (Lipinski definition) is 3. The van der Waals surface area contributed by atoms with Crippen LogP contribution in [-0.2, 0) is 6.54 Å². The molecule has 2 aromatic rings. The second-order valence-corrected chi connectivity index (χ2v) is 5.04. The maximum Gasteiger partial charge on any atom is 0.261 e. The number of rotatable bonds is 4. The van der Waals surface area contributed by atoms with E-state index in [-0.39, 0.29) is 10.5 Å². The monoisotopic (exact) mass is 276 g/mol. The zero-order chi connectivity index (χ0) is 14.0. The summed E-state index contributed by atoms with van der Waals surface area (Å²) < 4.78 is 3.42. The first-order valence-electron chi connectivity index (χ1n) is 6.02. The Morgan fingerprint density at radius 3 is 2.74 bits per heavy atom. The first kappa shape index (κ1) is 13.5. The molecule has 0 unspecified atom stereocenters. The normalized spacial score (nSPS) is 10.9. The van der Waals surface area contributed by atoms with E-state index in [4.69, 9.17) is 18.0 Å². The third-order valence-corrected chi connectivity index (χ3v) is 3.03. The van der Waals surface area contributed by atoms with Gasteiger partial charge in [0, 0.05) is 18.4 Å². The fourth-order valence-electron chi connectivity index (χ4n) is 1.77. The van der Waals surface area contributed by atoms with Gasteiger partial charge in [0.25, 0.3) is 5.56 Å². The number of pyridine rings is 1. The van der Waals surface area contributed by atoms with Crippen molar-refractivity contribution < 1.29 is 0 Å². The third-order valence-electron chi connectivity index (χ3n) is 2.81. The van der Waals surface area contributed by atoms with Gasteiger partial charge in [0.15, 0.2) is 0 Å². The topological polar surface area (TPSA) is 65.8 Å². The van der Waals surface area contributed by atoms with E-state index in [0.29, 0.717) is 18.2 Å². The zero-order valence-electron chi connectivity index (χ0n) is 10.9. The van der Waals surface area contributed by atoms with E-state index >= 15 is 0 Å². The molecule has 0 bridgehead atoms. The Morgan fingerprint density at radius 2 is 2.16 bits per heavy atom. The average Bonchev–Trinajstić information content (AvgIpc) is 2.80. The summed E-state index contributed by atoms with van der Waals surface area (Å²) in [5.74, 6) is 0. The number of aromatic nitrogens is 3. The largest absolute Gasteiger partial charge is 0.389 e. The molecule has 0 aliphatic heterocycles. The molecule has 2 rings (SSSR count). The van der Waals surface area contributed by atoms with Crippen molar-refractivity contribution in [3.05, 3.63) is 52.2 Å². The number of hydrogen-bond donors (Lipinski definition) is 1. The smallest absolute Gasteiger partial charge is 0.261 e. The van der Waals surface area contributed by atoms with Crippen molar-refractivity contribution in [2.45, 2.75) is 26.4 Å². The minimum Gasteiger partial charge on any atom is -0.389 e. The van der Waals surface area contributed by atoms with Gasteiger partial charge in [0.2, 0.25) is 0 Å². The molecular formula is C13H16N4OS. The predicted molar refractivity (Wildman–Crippen MR) is 78.3 cm³/mol. The van der Waals surface area contributed by atoms with E-state index < -0.39 is 0 Å². The van der Waals surface area contributed by atoms with Crippen molar-refractivity contribution in [1.82, 2.24) is 14.3 Å². The second kappa shape index (κ2) is 5.36. The van der Waals surface area contributed by atoms with E-state index in [9.17, 15) is 4.79 Å². The van der Waals surface area contributed by atoms with Crippen molar-refractivity contribution in [3.8, 4) is 0 Å². The predicted octanol–water partition coefficient (Wildman–Crippen LogP) is 1.31. The highest BCUT2D eigenvalue weighted by molar-refractivity contribution is 7.80. The maximum atomic E-state index is 12.1. The lowest BCUT2D eigenvalue weighted by molar-refractivity contribution is 0.523. The van der Waals surface area contributed by atoms with Crippen LogP contribution in [0.2, 0.25) is 0 Å². The van der Waals surface area contributed by atoms with Gasteiger partial charge in [-0.15, -0.1) is 0 Å². The van der Waals surface area contributed by atoms with Gasteiger partial charge in [-0.2, -0.15) is 5.10 Å². The van der Waals surface area contributed by atoms with Gasteiger partial charge in [-0.25, -0.2) is 0 Å². The van der Waals surface area contributed by atoms with E-state index in [1.54, 1.807) is 22.9 Å². The molecule has 2 aromatic heterocycles. The average molecular weight is 276 g/mol. The first-order chi connectivity index (χ1) is 8.99. The minimum absolute atomic E-state index is 0.118. The molecule has 0 aliphatic rings. The molecule has 0 spiro atoms. The molecule has 6 heteroatoms. The lowest BCUT2D eigenvalue weighted by Gasteiger charge is -2.06. The summed E-state index contributed by atoms with van der Waals surface area (Å²) in [6.07, 6.45) is 3.61. The summed E-state index contributed by atoms with van der Waals surface area (Å²) in [7, 11) is 0. The van der Waals surface area contributed by atoms with Crippen LogP contribution in [-0.4, -0.2) is 19.3 Å². The van der Waals surface area contributed by atoms with Gasteiger partial charge >= 0.3 is 0 Å². The zero-order valence-corrected chi connectivity index (χ0v) is 11.7. The summed E-state index contributed by atoms with van der Waals surface area (Å²) >= 11 is 4.86. The van der Waals surface area contributed by atoms with Crippen LogP contribution < -0.4 is 11.3 Å². The number of nitrogens with two attached hydrogens (primary N) is 1. The maximum absolute atomic E-state index is 12.1. The highest BCUT2D eigenvalue weighted by Gasteiger charge is 2.08. The molecule has 0 saturated carbocycles. The summed E-state index contributed by atoms with van der Waals surface area (Å²) in [5, 5.41) is 4.41. The Bertz CT molecular complexity index is 657. The molecule has 0 atom stereocenters. The second-order valence-electron chi connectivity index (χ2n) is 4.60. The van der Waals surface area contributed by atoms with Gasteiger partial charge < -0.3 is 10.3 Å². The summed E-state index contributed by atoms with van der Waals surface area (Å²) in [4.78, 5) is 12.2. The quantitative estimate of drug-likeness (QED) is 0.855. The molecule has 100 valence electrons. The molecule has 5 nitrogen and oxygen atoms in total. The number of thiocarbonyl (C=S) groups is 1. The van der Waals surface area contributed by atoms with E-state index in [0.717, 1.165) is 5.69 Å². The molecule has 0 saturated heterocycles. The molecule has 0 aliphatic carbocycles. The summed E-state index contributed by atoms with van der Waals surface area (Å²) in [6, 6.07) is 5.59. The molecule has 0 fully saturated rings. The van der Waals surface area contributed by atoms with Crippen molar-refractivity contribution in [1.29, 1.82) is 0 Å². The van der Waals surface area contributed by atoms with Gasteiger partial charge in [-0.1, -0.05) is 12.2 Å². The van der Waals surface area contributed by atoms with E-state index in [2.05, 4.69) is 18.9 Å². The van der Waals surface area contributed by atoms with Crippen molar-refractivity contribution >= 4 is 17.2 Å². The SMILES string of the molecule is CC(C)n1ccc(Cn2cccc(C(N)=S)c2=O)n1. The van der Waals surface area contributed by atoms with Crippen molar-refractivity contribution in [2.24, 2.45) is 5.73 Å². The van der Waals surface area contributed by atoms with Crippen LogP contribution in [0.4, 0.5) is 0 Å². The molecule has 2 N–H and O–H groups in total. The van der Waals surface area contributed by atoms with Crippen molar-refractivity contribution in [2.75, 3.05) is 0 Å². The summed E-state index contributed by atoms with van der Waals surface area (Å²) in [5.41, 5.74) is 6.52. The van der Waals surface area contributed by atoms with Crippen LogP contribution >= 0.6 is 12.2 Å². The molecule has 2 heterocycles.